The van der Waals surface area contributed by atoms with E-state index in [2.05, 4.69) is 32.2 Å². The molecule has 7 nitrogen and oxygen atoms in total. The number of carbonyl (C=O) groups is 1. The molecule has 4 heterocycles. The molecule has 2 aromatic rings. The fourth-order valence-electron chi connectivity index (χ4n) is 4.23. The molecule has 0 bridgehead atoms. The van der Waals surface area contributed by atoms with Crippen molar-refractivity contribution in [1.82, 2.24) is 19.8 Å². The summed E-state index contributed by atoms with van der Waals surface area (Å²) in [5, 5.41) is 11.3. The number of aliphatic hydroxyl groups excluding tert-OH is 1. The number of carbonyl (C=O) groups excluding carboxylic acids is 1. The topological polar surface area (TPSA) is 72.8 Å². The number of nitrogens with zero attached hydrogens (tertiary/aromatic N) is 5. The number of likely N-dealkylation sites (tertiary alicyclic amines) is 1. The third kappa shape index (κ3) is 3.06. The van der Waals surface area contributed by atoms with E-state index in [-0.39, 0.29) is 18.1 Å². The van der Waals surface area contributed by atoms with Gasteiger partial charge in [0.2, 0.25) is 5.91 Å². The maximum absolute atomic E-state index is 12.4. The standard InChI is InChI=1S/C18H25N5O2S/c1-21-7-8-23(17-16-14(3-11-26-16)19-13-20-17)12-18(21)4-2-15(25)22(6-5-18)9-10-24/h3,11,13,24H,2,4-10,12H2,1H3. The van der Waals surface area contributed by atoms with Gasteiger partial charge in [-0.3, -0.25) is 9.69 Å². The number of hydrogen-bond donors (Lipinski definition) is 1. The van der Waals surface area contributed by atoms with Crippen LogP contribution in [0.3, 0.4) is 0 Å². The SMILES string of the molecule is CN1CCN(c2ncnc3ccsc23)CC12CCC(=O)N(CCO)CC2. The van der Waals surface area contributed by atoms with Crippen LogP contribution >= 0.6 is 11.3 Å². The quantitative estimate of drug-likeness (QED) is 0.869. The molecular weight excluding hydrogens is 350 g/mol. The van der Waals surface area contributed by atoms with Gasteiger partial charge in [0, 0.05) is 44.7 Å². The Bertz CT molecular complexity index is 797. The number of hydrogen-bond acceptors (Lipinski definition) is 7. The van der Waals surface area contributed by atoms with Crippen molar-refractivity contribution in [2.75, 3.05) is 51.3 Å². The van der Waals surface area contributed by atoms with Crippen LogP contribution in [0.4, 0.5) is 5.82 Å². The first-order valence-corrected chi connectivity index (χ1v) is 10.0. The zero-order valence-electron chi connectivity index (χ0n) is 15.1. The van der Waals surface area contributed by atoms with Gasteiger partial charge in [-0.2, -0.15) is 0 Å². The highest BCUT2D eigenvalue weighted by Crippen LogP contribution is 2.36. The highest BCUT2D eigenvalue weighted by molar-refractivity contribution is 7.17. The smallest absolute Gasteiger partial charge is 0.222 e. The molecule has 1 N–H and O–H groups in total. The average molecular weight is 375 g/mol. The lowest BCUT2D eigenvalue weighted by atomic mass is 9.86. The number of aliphatic hydroxyl groups is 1. The summed E-state index contributed by atoms with van der Waals surface area (Å²) in [6, 6.07) is 2.04. The summed E-state index contributed by atoms with van der Waals surface area (Å²) in [4.78, 5) is 27.9. The van der Waals surface area contributed by atoms with Crippen LogP contribution in [0.15, 0.2) is 17.8 Å². The predicted molar refractivity (Wildman–Crippen MR) is 103 cm³/mol. The van der Waals surface area contributed by atoms with Gasteiger partial charge in [0.1, 0.15) is 12.1 Å². The summed E-state index contributed by atoms with van der Waals surface area (Å²) in [5.41, 5.74) is 0.963. The van der Waals surface area contributed by atoms with E-state index in [4.69, 9.17) is 0 Å². The summed E-state index contributed by atoms with van der Waals surface area (Å²) in [6.07, 6.45) is 3.95. The fourth-order valence-corrected chi connectivity index (χ4v) is 5.09. The molecule has 1 atom stereocenters. The van der Waals surface area contributed by atoms with Crippen LogP contribution in [0.25, 0.3) is 10.2 Å². The maximum Gasteiger partial charge on any atom is 0.222 e. The number of aromatic nitrogens is 2. The molecule has 0 aromatic carbocycles. The van der Waals surface area contributed by atoms with E-state index in [9.17, 15) is 9.90 Å². The summed E-state index contributed by atoms with van der Waals surface area (Å²) in [7, 11) is 2.17. The Labute approximate surface area is 157 Å². The van der Waals surface area contributed by atoms with Gasteiger partial charge in [-0.15, -0.1) is 11.3 Å². The monoisotopic (exact) mass is 375 g/mol. The van der Waals surface area contributed by atoms with Crippen molar-refractivity contribution in [3.8, 4) is 0 Å². The van der Waals surface area contributed by atoms with Crippen molar-refractivity contribution in [2.24, 2.45) is 0 Å². The molecule has 4 rings (SSSR count). The second kappa shape index (κ2) is 7.09. The second-order valence-electron chi connectivity index (χ2n) is 7.25. The van der Waals surface area contributed by atoms with Crippen LogP contribution in [0, 0.1) is 0 Å². The Morgan fingerprint density at radius 3 is 3.00 bits per heavy atom. The molecular formula is C18H25N5O2S. The van der Waals surface area contributed by atoms with Crippen LogP contribution in [0.2, 0.25) is 0 Å². The van der Waals surface area contributed by atoms with Crippen LogP contribution in [-0.2, 0) is 4.79 Å². The Morgan fingerprint density at radius 2 is 2.15 bits per heavy atom. The molecule has 1 amide bonds. The highest BCUT2D eigenvalue weighted by Gasteiger charge is 2.42. The zero-order chi connectivity index (χ0) is 18.1. The lowest BCUT2D eigenvalue weighted by molar-refractivity contribution is -0.131. The largest absolute Gasteiger partial charge is 0.395 e. The molecule has 2 aromatic heterocycles. The molecule has 2 aliphatic rings. The molecule has 1 unspecified atom stereocenters. The molecule has 0 aliphatic carbocycles. The molecule has 0 saturated carbocycles. The first-order chi connectivity index (χ1) is 12.6. The predicted octanol–water partition coefficient (Wildman–Crippen LogP) is 1.19. The van der Waals surface area contributed by atoms with Gasteiger partial charge in [-0.05, 0) is 31.3 Å². The Balaban J connectivity index is 1.60. The van der Waals surface area contributed by atoms with E-state index in [1.54, 1.807) is 17.7 Å². The molecule has 2 fully saturated rings. The first kappa shape index (κ1) is 17.6. The summed E-state index contributed by atoms with van der Waals surface area (Å²) in [5.74, 6) is 1.17. The molecule has 1 spiro atoms. The van der Waals surface area contributed by atoms with E-state index in [1.807, 2.05) is 11.0 Å². The third-order valence-electron chi connectivity index (χ3n) is 5.90. The molecule has 140 valence electrons. The summed E-state index contributed by atoms with van der Waals surface area (Å²) in [6.45, 7) is 3.91. The van der Waals surface area contributed by atoms with E-state index in [0.29, 0.717) is 19.5 Å². The minimum Gasteiger partial charge on any atom is -0.395 e. The Kier molecular flexibility index (Phi) is 4.81. The average Bonchev–Trinajstić information content (AvgIpc) is 3.08. The molecule has 0 radical (unpaired) electrons. The number of β-amino-alcohol motifs (C(OH)–C–C–N with tert-alkyl or cyclic N) is 1. The van der Waals surface area contributed by atoms with Crippen molar-refractivity contribution < 1.29 is 9.90 Å². The Morgan fingerprint density at radius 1 is 1.27 bits per heavy atom. The minimum atomic E-state index is -0.0351. The fraction of sp³-hybridized carbons (Fsp3) is 0.611. The number of amides is 1. The number of piperazine rings is 1. The van der Waals surface area contributed by atoms with Crippen molar-refractivity contribution in [3.05, 3.63) is 17.8 Å². The van der Waals surface area contributed by atoms with Gasteiger partial charge in [-0.1, -0.05) is 0 Å². The van der Waals surface area contributed by atoms with Crippen LogP contribution < -0.4 is 4.90 Å². The van der Waals surface area contributed by atoms with Gasteiger partial charge in [0.15, 0.2) is 0 Å². The van der Waals surface area contributed by atoms with Gasteiger partial charge < -0.3 is 14.9 Å². The lowest BCUT2D eigenvalue weighted by Crippen LogP contribution is -2.61. The number of fused-ring (bicyclic) bond motifs is 1. The van der Waals surface area contributed by atoms with Crippen LogP contribution in [0.5, 0.6) is 0 Å². The molecule has 8 heteroatoms. The maximum atomic E-state index is 12.4. The third-order valence-corrected chi connectivity index (χ3v) is 6.80. The number of anilines is 1. The summed E-state index contributed by atoms with van der Waals surface area (Å²) >= 11 is 1.68. The van der Waals surface area contributed by atoms with Gasteiger partial charge in [-0.25, -0.2) is 9.97 Å². The van der Waals surface area contributed by atoms with Gasteiger partial charge in [0.25, 0.3) is 0 Å². The number of rotatable bonds is 3. The van der Waals surface area contributed by atoms with E-state index in [0.717, 1.165) is 48.5 Å². The van der Waals surface area contributed by atoms with Crippen LogP contribution in [0.1, 0.15) is 19.3 Å². The highest BCUT2D eigenvalue weighted by atomic mass is 32.1. The van der Waals surface area contributed by atoms with E-state index in [1.165, 1.54) is 0 Å². The molecule has 26 heavy (non-hydrogen) atoms. The molecule has 2 saturated heterocycles. The Hall–Kier alpha value is -1.77. The molecule has 2 aliphatic heterocycles. The lowest BCUT2D eigenvalue weighted by Gasteiger charge is -2.49. The zero-order valence-corrected chi connectivity index (χ0v) is 15.9. The number of likely N-dealkylation sites (N-methyl/N-ethyl adjacent to an activating group) is 1. The number of thiophene rings is 1. The van der Waals surface area contributed by atoms with Crippen molar-refractivity contribution in [2.45, 2.75) is 24.8 Å². The van der Waals surface area contributed by atoms with E-state index < -0.39 is 0 Å². The van der Waals surface area contributed by atoms with E-state index >= 15 is 0 Å². The normalized spacial score (nSPS) is 25.2. The van der Waals surface area contributed by atoms with Crippen molar-refractivity contribution in [1.29, 1.82) is 0 Å². The summed E-state index contributed by atoms with van der Waals surface area (Å²) < 4.78 is 1.14. The minimum absolute atomic E-state index is 0.0258. The van der Waals surface area contributed by atoms with Crippen molar-refractivity contribution in [3.63, 3.8) is 0 Å². The second-order valence-corrected chi connectivity index (χ2v) is 8.17. The van der Waals surface area contributed by atoms with Crippen molar-refractivity contribution >= 4 is 33.3 Å². The van der Waals surface area contributed by atoms with Crippen LogP contribution in [-0.4, -0.2) is 82.7 Å². The van der Waals surface area contributed by atoms with Gasteiger partial charge in [0.05, 0.1) is 16.8 Å². The first-order valence-electron chi connectivity index (χ1n) is 9.16. The van der Waals surface area contributed by atoms with Gasteiger partial charge >= 0.3 is 0 Å².